The van der Waals surface area contributed by atoms with Gasteiger partial charge in [-0.25, -0.2) is 0 Å². The summed E-state index contributed by atoms with van der Waals surface area (Å²) >= 11 is 0. The van der Waals surface area contributed by atoms with Gasteiger partial charge in [-0.1, -0.05) is 91.0 Å². The van der Waals surface area contributed by atoms with E-state index in [4.69, 9.17) is 42.6 Å². The first kappa shape index (κ1) is 32.7. The van der Waals surface area contributed by atoms with E-state index < -0.39 is 30.7 Å². The zero-order chi connectivity index (χ0) is 30.1. The van der Waals surface area contributed by atoms with E-state index in [2.05, 4.69) is 0 Å². The van der Waals surface area contributed by atoms with E-state index in [0.29, 0.717) is 72.7 Å². The fourth-order valence-electron chi connectivity index (χ4n) is 5.12. The van der Waals surface area contributed by atoms with Crippen LogP contribution in [0.5, 0.6) is 0 Å². The summed E-state index contributed by atoms with van der Waals surface area (Å²) in [6, 6.07) is 30.2. The molecule has 44 heavy (non-hydrogen) atoms. The Balaban J connectivity index is 1.38. The highest BCUT2D eigenvalue weighted by Gasteiger charge is 2.49. The van der Waals surface area contributed by atoms with Crippen molar-refractivity contribution in [3.8, 4) is 0 Å². The van der Waals surface area contributed by atoms with Gasteiger partial charge >= 0.3 is 0 Å². The van der Waals surface area contributed by atoms with Crippen molar-refractivity contribution in [3.63, 3.8) is 0 Å². The van der Waals surface area contributed by atoms with Crippen LogP contribution in [0.15, 0.2) is 91.0 Å². The van der Waals surface area contributed by atoms with Gasteiger partial charge in [-0.05, 0) is 16.7 Å². The van der Waals surface area contributed by atoms with Crippen molar-refractivity contribution < 1.29 is 42.6 Å². The van der Waals surface area contributed by atoms with Crippen LogP contribution >= 0.6 is 0 Å². The Kier molecular flexibility index (Phi) is 14.1. The highest BCUT2D eigenvalue weighted by Crippen LogP contribution is 2.31. The predicted octanol–water partition coefficient (Wildman–Crippen LogP) is 4.56. The first-order valence-electron chi connectivity index (χ1n) is 15.4. The molecule has 2 fully saturated rings. The van der Waals surface area contributed by atoms with Gasteiger partial charge in [-0.15, -0.1) is 0 Å². The second kappa shape index (κ2) is 19.0. The molecule has 9 heteroatoms. The zero-order valence-electron chi connectivity index (χ0n) is 25.2. The van der Waals surface area contributed by atoms with Crippen LogP contribution in [0.2, 0.25) is 0 Å². The monoisotopic (exact) mass is 608 g/mol. The molecule has 2 heterocycles. The fraction of sp³-hybridized carbons (Fsp3) is 0.486. The number of ether oxygens (including phenoxy) is 9. The van der Waals surface area contributed by atoms with Crippen molar-refractivity contribution in [1.82, 2.24) is 0 Å². The van der Waals surface area contributed by atoms with E-state index in [9.17, 15) is 0 Å². The van der Waals surface area contributed by atoms with Crippen molar-refractivity contribution in [2.24, 2.45) is 0 Å². The Morgan fingerprint density at radius 3 is 1.50 bits per heavy atom. The summed E-state index contributed by atoms with van der Waals surface area (Å²) < 4.78 is 55.9. The third-order valence-corrected chi connectivity index (χ3v) is 7.35. The molecule has 5 rings (SSSR count). The van der Waals surface area contributed by atoms with Gasteiger partial charge < -0.3 is 42.6 Å². The molecule has 0 amide bonds. The first-order valence-corrected chi connectivity index (χ1v) is 15.4. The minimum Gasteiger partial charge on any atom is -0.377 e. The third kappa shape index (κ3) is 10.7. The largest absolute Gasteiger partial charge is 0.377 e. The Morgan fingerprint density at radius 2 is 0.955 bits per heavy atom. The maximum Gasteiger partial charge on any atom is 0.187 e. The topological polar surface area (TPSA) is 83.1 Å². The second-order valence-corrected chi connectivity index (χ2v) is 10.6. The Hall–Kier alpha value is -2.70. The van der Waals surface area contributed by atoms with Crippen molar-refractivity contribution in [1.29, 1.82) is 0 Å². The molecule has 2 aliphatic heterocycles. The molecule has 0 aliphatic carbocycles. The summed E-state index contributed by atoms with van der Waals surface area (Å²) in [5.41, 5.74) is 3.16. The number of hydrogen-bond acceptors (Lipinski definition) is 9. The van der Waals surface area contributed by atoms with Crippen molar-refractivity contribution >= 4 is 0 Å². The summed E-state index contributed by atoms with van der Waals surface area (Å²) in [6.45, 7) is 4.80. The maximum atomic E-state index is 6.67. The molecule has 0 radical (unpaired) electrons. The fourth-order valence-corrected chi connectivity index (χ4v) is 5.12. The van der Waals surface area contributed by atoms with E-state index in [0.717, 1.165) is 16.7 Å². The minimum atomic E-state index is -0.739. The predicted molar refractivity (Wildman–Crippen MR) is 163 cm³/mol. The molecule has 0 N–H and O–H groups in total. The van der Waals surface area contributed by atoms with E-state index in [1.807, 2.05) is 91.0 Å². The average molecular weight is 609 g/mol. The van der Waals surface area contributed by atoms with Crippen LogP contribution in [0.1, 0.15) is 16.7 Å². The van der Waals surface area contributed by atoms with Crippen LogP contribution in [0.25, 0.3) is 0 Å². The number of benzene rings is 3. The molecule has 2 bridgehead atoms. The molecule has 2 saturated heterocycles. The van der Waals surface area contributed by atoms with E-state index >= 15 is 0 Å². The highest BCUT2D eigenvalue weighted by atomic mass is 16.7. The number of fused-ring (bicyclic) bond motifs is 3. The first-order chi connectivity index (χ1) is 21.9. The van der Waals surface area contributed by atoms with Crippen LogP contribution < -0.4 is 0 Å². The normalized spacial score (nSPS) is 25.8. The zero-order valence-corrected chi connectivity index (χ0v) is 25.2. The summed E-state index contributed by atoms with van der Waals surface area (Å²) in [6.07, 6.45) is -2.85. The van der Waals surface area contributed by atoms with Crippen molar-refractivity contribution in [3.05, 3.63) is 108 Å². The molecule has 0 aromatic heterocycles. The summed E-state index contributed by atoms with van der Waals surface area (Å²) in [5, 5.41) is 0. The van der Waals surface area contributed by atoms with Crippen molar-refractivity contribution in [2.45, 2.75) is 50.5 Å². The SMILES string of the molecule is c1ccc(COC[C@H]2O[C@@H]3OCCOCCOCCOCCO[C@H]2[C@H](OCc2ccccc2)[C@H]3OCc2ccccc2)cc1. The number of rotatable bonds is 10. The molecule has 3 aromatic carbocycles. The Labute approximate surface area is 260 Å². The van der Waals surface area contributed by atoms with Crippen LogP contribution in [0.4, 0.5) is 0 Å². The summed E-state index contributed by atoms with van der Waals surface area (Å²) in [7, 11) is 0. The van der Waals surface area contributed by atoms with Gasteiger partial charge in [0.15, 0.2) is 6.29 Å². The molecular weight excluding hydrogens is 564 g/mol. The van der Waals surface area contributed by atoms with Gasteiger partial charge in [0.25, 0.3) is 0 Å². The number of hydrogen-bond donors (Lipinski definition) is 0. The van der Waals surface area contributed by atoms with E-state index in [1.54, 1.807) is 0 Å². The van der Waals surface area contributed by atoms with Crippen molar-refractivity contribution in [2.75, 3.05) is 59.5 Å². The lowest BCUT2D eigenvalue weighted by Gasteiger charge is -2.45. The lowest BCUT2D eigenvalue weighted by atomic mass is 9.98. The molecule has 0 spiro atoms. The van der Waals surface area contributed by atoms with Gasteiger partial charge in [0.05, 0.1) is 79.3 Å². The van der Waals surface area contributed by atoms with E-state index in [1.165, 1.54) is 0 Å². The quantitative estimate of drug-likeness (QED) is 0.329. The Morgan fingerprint density at radius 1 is 0.500 bits per heavy atom. The molecule has 3 aromatic rings. The van der Waals surface area contributed by atoms with Gasteiger partial charge in [0.2, 0.25) is 0 Å². The second-order valence-electron chi connectivity index (χ2n) is 10.6. The van der Waals surface area contributed by atoms with Gasteiger partial charge in [-0.2, -0.15) is 0 Å². The van der Waals surface area contributed by atoms with Gasteiger partial charge in [-0.3, -0.25) is 0 Å². The van der Waals surface area contributed by atoms with Gasteiger partial charge in [0, 0.05) is 0 Å². The van der Waals surface area contributed by atoms with Crippen LogP contribution in [0.3, 0.4) is 0 Å². The van der Waals surface area contributed by atoms with Crippen LogP contribution in [-0.4, -0.2) is 90.2 Å². The van der Waals surface area contributed by atoms with Gasteiger partial charge in [0.1, 0.15) is 24.4 Å². The summed E-state index contributed by atoms with van der Waals surface area (Å²) in [5.74, 6) is 0. The van der Waals surface area contributed by atoms with Crippen LogP contribution in [-0.2, 0) is 62.5 Å². The molecule has 5 atom stereocenters. The molecule has 0 unspecified atom stereocenters. The van der Waals surface area contributed by atoms with Crippen LogP contribution in [0, 0.1) is 0 Å². The minimum absolute atomic E-state index is 0.279. The highest BCUT2D eigenvalue weighted by molar-refractivity contribution is 5.15. The molecular formula is C35H44O9. The lowest BCUT2D eigenvalue weighted by molar-refractivity contribution is -0.328. The summed E-state index contributed by atoms with van der Waals surface area (Å²) in [4.78, 5) is 0. The molecule has 238 valence electrons. The molecule has 0 saturated carbocycles. The standard InChI is InChI=1S/C35H44O9/c1-4-10-28(11-5-1)24-39-27-31-32-33(42-25-29-12-6-2-7-13-29)34(43-26-30-14-8-3-9-15-30)35(44-31)41-23-21-38-19-17-36-16-18-37-20-22-40-32/h1-15,31-35H,16-27H2/t31-,32-,33+,34-,35+/m1/s1. The molecule has 9 nitrogen and oxygen atoms in total. The van der Waals surface area contributed by atoms with E-state index in [-0.39, 0.29) is 6.61 Å². The average Bonchev–Trinajstić information content (AvgIpc) is 3.07. The third-order valence-electron chi connectivity index (χ3n) is 7.35. The lowest BCUT2D eigenvalue weighted by Crippen LogP contribution is -2.62. The Bertz CT molecular complexity index is 1150. The molecule has 2 aliphatic rings. The smallest absolute Gasteiger partial charge is 0.187 e. The maximum absolute atomic E-state index is 6.67.